The van der Waals surface area contributed by atoms with Crippen LogP contribution in [0.4, 0.5) is 0 Å². The number of amides is 1. The van der Waals surface area contributed by atoms with Crippen molar-refractivity contribution >= 4 is 45.1 Å². The lowest BCUT2D eigenvalue weighted by molar-refractivity contribution is -0.170. The van der Waals surface area contributed by atoms with E-state index in [0.29, 0.717) is 42.1 Å². The predicted molar refractivity (Wildman–Crippen MR) is 154 cm³/mol. The van der Waals surface area contributed by atoms with E-state index in [1.165, 1.54) is 0 Å². The monoisotopic (exact) mass is 604 g/mol. The number of carbonyl (C=O) groups is 2. The molecule has 4 aliphatic rings. The third-order valence-electron chi connectivity index (χ3n) is 9.70. The summed E-state index contributed by atoms with van der Waals surface area (Å²) in [5, 5.41) is 11.1. The molecule has 4 fully saturated rings. The Bertz CT molecular complexity index is 1440. The van der Waals surface area contributed by atoms with E-state index in [0.717, 1.165) is 24.0 Å². The number of hydrogen-bond acceptors (Lipinski definition) is 4. The fourth-order valence-electron chi connectivity index (χ4n) is 6.89. The second-order valence-corrected chi connectivity index (χ2v) is 15.2. The summed E-state index contributed by atoms with van der Waals surface area (Å²) in [4.78, 5) is 29.3. The summed E-state index contributed by atoms with van der Waals surface area (Å²) in [5.41, 5.74) is -0.519. The van der Waals surface area contributed by atoms with Crippen LogP contribution >= 0.6 is 23.2 Å². The van der Waals surface area contributed by atoms with Gasteiger partial charge in [-0.1, -0.05) is 47.5 Å². The first-order valence-corrected chi connectivity index (χ1v) is 16.3. The molecule has 0 radical (unpaired) electrons. The number of benzene rings is 2. The summed E-state index contributed by atoms with van der Waals surface area (Å²) in [6, 6.07) is 14.1. The Morgan fingerprint density at radius 3 is 2.27 bits per heavy atom. The molecular weight excluding hydrogens is 571 g/mol. The molecule has 1 saturated heterocycles. The zero-order valence-corrected chi connectivity index (χ0v) is 24.7. The van der Waals surface area contributed by atoms with E-state index < -0.39 is 38.9 Å². The molecule has 1 aliphatic heterocycles. The van der Waals surface area contributed by atoms with Gasteiger partial charge in [-0.2, -0.15) is 0 Å². The number of carboxylic acids is 1. The number of sulfonamides is 1. The third kappa shape index (κ3) is 4.85. The van der Waals surface area contributed by atoms with Gasteiger partial charge < -0.3 is 10.0 Å². The molecule has 0 bridgehead atoms. The van der Waals surface area contributed by atoms with Crippen LogP contribution in [-0.2, 0) is 19.6 Å². The van der Waals surface area contributed by atoms with Crippen LogP contribution in [-0.4, -0.2) is 48.1 Å². The zero-order valence-electron chi connectivity index (χ0n) is 22.4. The molecule has 1 heterocycles. The molecule has 4 atom stereocenters. The van der Waals surface area contributed by atoms with Crippen molar-refractivity contribution in [1.29, 1.82) is 0 Å². The van der Waals surface area contributed by atoms with E-state index in [9.17, 15) is 23.1 Å². The molecule has 1 amide bonds. The summed E-state index contributed by atoms with van der Waals surface area (Å²) in [6.45, 7) is 1.91. The maximum absolute atomic E-state index is 14.8. The molecule has 0 aromatic heterocycles. The number of carbonyl (C=O) groups excluding carboxylic acids is 1. The van der Waals surface area contributed by atoms with Crippen LogP contribution in [0, 0.1) is 16.7 Å². The number of rotatable bonds is 10. The summed E-state index contributed by atoms with van der Waals surface area (Å²) in [5.74, 6) is -1.30. The van der Waals surface area contributed by atoms with Gasteiger partial charge in [-0.05, 0) is 93.2 Å². The molecule has 2 aromatic carbocycles. The van der Waals surface area contributed by atoms with Crippen LogP contribution in [0.5, 0.6) is 0 Å². The van der Waals surface area contributed by atoms with Crippen molar-refractivity contribution < 1.29 is 23.1 Å². The van der Waals surface area contributed by atoms with E-state index in [4.69, 9.17) is 23.2 Å². The number of piperidine rings is 1. The summed E-state index contributed by atoms with van der Waals surface area (Å²) < 4.78 is 28.6. The highest BCUT2D eigenvalue weighted by atomic mass is 35.5. The van der Waals surface area contributed by atoms with Gasteiger partial charge in [0.25, 0.3) is 0 Å². The van der Waals surface area contributed by atoms with Gasteiger partial charge in [-0.3, -0.25) is 9.59 Å². The average Bonchev–Trinajstić information content (AvgIpc) is 3.77. The second kappa shape index (κ2) is 10.0. The summed E-state index contributed by atoms with van der Waals surface area (Å²) in [7, 11) is -3.48. The Morgan fingerprint density at radius 2 is 1.73 bits per heavy atom. The normalized spacial score (nSPS) is 28.8. The van der Waals surface area contributed by atoms with E-state index >= 15 is 0 Å². The fourth-order valence-corrected chi connectivity index (χ4v) is 8.61. The maximum Gasteiger partial charge on any atom is 0.310 e. The number of halogens is 2. The van der Waals surface area contributed by atoms with Gasteiger partial charge in [0.2, 0.25) is 15.9 Å². The Kier molecular flexibility index (Phi) is 7.00. The number of aliphatic carboxylic acids is 1. The van der Waals surface area contributed by atoms with Gasteiger partial charge >= 0.3 is 5.97 Å². The lowest BCUT2D eigenvalue weighted by Crippen LogP contribution is -2.61. The maximum atomic E-state index is 14.8. The van der Waals surface area contributed by atoms with Crippen molar-refractivity contribution in [3.63, 3.8) is 0 Å². The molecular formula is C30H34Cl2N2O5S. The number of nitrogens with zero attached hydrogens (tertiary/aromatic N) is 1. The lowest BCUT2D eigenvalue weighted by Gasteiger charge is -2.54. The first kappa shape index (κ1) is 28.0. The Hall–Kier alpha value is -2.13. The first-order chi connectivity index (χ1) is 19.0. The van der Waals surface area contributed by atoms with Gasteiger partial charge in [-0.25, -0.2) is 13.1 Å². The summed E-state index contributed by atoms with van der Waals surface area (Å²) >= 11 is 12.7. The van der Waals surface area contributed by atoms with Gasteiger partial charge in [-0.15, -0.1) is 0 Å². The number of carboxylic acid groups (broad SMARTS) is 1. The van der Waals surface area contributed by atoms with E-state index in [-0.39, 0.29) is 29.5 Å². The largest absolute Gasteiger partial charge is 0.481 e. The molecule has 0 spiro atoms. The molecule has 2 aromatic rings. The van der Waals surface area contributed by atoms with Crippen LogP contribution in [0.15, 0.2) is 48.5 Å². The molecule has 40 heavy (non-hydrogen) atoms. The number of likely N-dealkylation sites (tertiary alicyclic amines) is 1. The highest BCUT2D eigenvalue weighted by Gasteiger charge is 2.70. The average molecular weight is 606 g/mol. The molecule has 10 heteroatoms. The van der Waals surface area contributed by atoms with E-state index in [1.54, 1.807) is 25.1 Å². The summed E-state index contributed by atoms with van der Waals surface area (Å²) in [6.07, 6.45) is 4.28. The second-order valence-electron chi connectivity index (χ2n) is 12.3. The Balaban J connectivity index is 1.50. The Labute approximate surface area is 245 Å². The van der Waals surface area contributed by atoms with Crippen LogP contribution in [0.25, 0.3) is 0 Å². The van der Waals surface area contributed by atoms with Gasteiger partial charge in [0.1, 0.15) is 0 Å². The minimum Gasteiger partial charge on any atom is -0.481 e. The quantitative estimate of drug-likeness (QED) is 0.357. The minimum absolute atomic E-state index is 0.109. The minimum atomic E-state index is -3.48. The highest BCUT2D eigenvalue weighted by molar-refractivity contribution is 7.90. The number of nitrogens with one attached hydrogen (secondary N) is 1. The molecule has 3 saturated carbocycles. The molecule has 3 aliphatic carbocycles. The standard InChI is InChI=1S/C30H34Cl2N2O5S/c1-29(30(13-14-30)28(36)37)16-24(20-3-2-4-22(32)15-20)26(19-7-9-21(31)10-8-19)34(27(29)35)25(18-5-6-18)17-33-40(38,39)23-11-12-23/h2-4,7-10,15,18,23-26,33H,5-6,11-14,16-17H2,1H3,(H,36,37)/t24-,25-,26-,29-/m1/s1. The first-order valence-electron chi connectivity index (χ1n) is 14.0. The van der Waals surface area contributed by atoms with Crippen molar-refractivity contribution in [1.82, 2.24) is 9.62 Å². The third-order valence-corrected chi connectivity index (χ3v) is 12.1. The molecule has 2 N–H and O–H groups in total. The molecule has 0 unspecified atom stereocenters. The van der Waals surface area contributed by atoms with Gasteiger partial charge in [0.05, 0.1) is 22.1 Å². The van der Waals surface area contributed by atoms with Gasteiger partial charge in [0, 0.05) is 28.5 Å². The van der Waals surface area contributed by atoms with Crippen LogP contribution in [0.3, 0.4) is 0 Å². The van der Waals surface area contributed by atoms with Crippen molar-refractivity contribution in [2.45, 2.75) is 75.1 Å². The highest BCUT2D eigenvalue weighted by Crippen LogP contribution is 2.66. The van der Waals surface area contributed by atoms with Crippen molar-refractivity contribution in [2.24, 2.45) is 16.7 Å². The molecule has 6 rings (SSSR count). The smallest absolute Gasteiger partial charge is 0.310 e. The van der Waals surface area contributed by atoms with Crippen molar-refractivity contribution in [2.75, 3.05) is 6.54 Å². The predicted octanol–water partition coefficient (Wildman–Crippen LogP) is 5.78. The topological polar surface area (TPSA) is 104 Å². The zero-order chi connectivity index (χ0) is 28.4. The fraction of sp³-hybridized carbons (Fsp3) is 0.533. The SMILES string of the molecule is C[C@@]1(C2(C(=O)O)CC2)C[C@H](c2cccc(Cl)c2)[C@@H](c2ccc(Cl)cc2)N([C@H](CNS(=O)(=O)C2CC2)C2CC2)C1=O. The van der Waals surface area contributed by atoms with Crippen molar-refractivity contribution in [3.8, 4) is 0 Å². The van der Waals surface area contributed by atoms with Crippen LogP contribution in [0.1, 0.15) is 75.0 Å². The van der Waals surface area contributed by atoms with Crippen LogP contribution < -0.4 is 4.72 Å². The van der Waals surface area contributed by atoms with Crippen molar-refractivity contribution in [3.05, 3.63) is 69.7 Å². The van der Waals surface area contributed by atoms with Gasteiger partial charge in [0.15, 0.2) is 0 Å². The van der Waals surface area contributed by atoms with E-state index in [1.807, 2.05) is 35.2 Å². The van der Waals surface area contributed by atoms with E-state index in [2.05, 4.69) is 4.72 Å². The van der Waals surface area contributed by atoms with Crippen LogP contribution in [0.2, 0.25) is 10.0 Å². The Morgan fingerprint density at radius 1 is 1.05 bits per heavy atom. The molecule has 7 nitrogen and oxygen atoms in total. The number of hydrogen-bond donors (Lipinski definition) is 2. The molecule has 214 valence electrons. The lowest BCUT2D eigenvalue weighted by atomic mass is 9.61.